The van der Waals surface area contributed by atoms with Gasteiger partial charge in [0, 0.05) is 12.8 Å². The Kier molecular flexibility index (Phi) is 4.98. The molecule has 0 aromatic heterocycles. The number of amides is 1. The van der Waals surface area contributed by atoms with Gasteiger partial charge in [-0.2, -0.15) is 5.26 Å². The maximum Gasteiger partial charge on any atom is 0.259 e. The second-order valence-corrected chi connectivity index (χ2v) is 6.88. The van der Waals surface area contributed by atoms with Crippen LogP contribution in [-0.2, 0) is 14.3 Å². The molecule has 1 saturated heterocycles. The molecule has 0 atom stereocenters. The Morgan fingerprint density at radius 2 is 1.88 bits per heavy atom. The number of hydrogen-bond acceptors (Lipinski definition) is 5. The highest BCUT2D eigenvalue weighted by Gasteiger charge is 2.47. The molecule has 1 aromatic carbocycles. The zero-order valence-corrected chi connectivity index (χ0v) is 14.8. The Morgan fingerprint density at radius 1 is 1.20 bits per heavy atom. The molecule has 6 nitrogen and oxygen atoms in total. The van der Waals surface area contributed by atoms with Crippen LogP contribution >= 0.6 is 0 Å². The molecule has 1 aliphatic heterocycles. The molecule has 1 aromatic rings. The van der Waals surface area contributed by atoms with Crippen LogP contribution in [0.4, 0.5) is 0 Å². The molecule has 1 N–H and O–H groups in total. The third-order valence-electron chi connectivity index (χ3n) is 5.12. The van der Waals surface area contributed by atoms with E-state index in [1.54, 1.807) is 0 Å². The Labute approximate surface area is 148 Å². The summed E-state index contributed by atoms with van der Waals surface area (Å²) < 4.78 is 16.9. The summed E-state index contributed by atoms with van der Waals surface area (Å²) in [7, 11) is 0. The van der Waals surface area contributed by atoms with Crippen LogP contribution in [-0.4, -0.2) is 37.1 Å². The lowest BCUT2D eigenvalue weighted by Crippen LogP contribution is -2.54. The van der Waals surface area contributed by atoms with Gasteiger partial charge in [0.05, 0.1) is 19.3 Å². The summed E-state index contributed by atoms with van der Waals surface area (Å²) in [4.78, 5) is 12.3. The Morgan fingerprint density at radius 3 is 2.48 bits per heavy atom. The van der Waals surface area contributed by atoms with Gasteiger partial charge >= 0.3 is 0 Å². The summed E-state index contributed by atoms with van der Waals surface area (Å²) in [6.45, 7) is 5.10. The van der Waals surface area contributed by atoms with Gasteiger partial charge in [0.25, 0.3) is 5.91 Å². The SMILES string of the molecule is Cc1ccc(OCC(=O)NC2(C#N)CCC3(CC2)OCCO3)cc1C. The number of hydrogen-bond donors (Lipinski definition) is 1. The van der Waals surface area contributed by atoms with Crippen molar-refractivity contribution >= 4 is 5.91 Å². The van der Waals surface area contributed by atoms with Crippen molar-refractivity contribution in [3.8, 4) is 11.8 Å². The number of aryl methyl sites for hydroxylation is 2. The molecule has 25 heavy (non-hydrogen) atoms. The largest absolute Gasteiger partial charge is 0.484 e. The third-order valence-corrected chi connectivity index (χ3v) is 5.12. The second-order valence-electron chi connectivity index (χ2n) is 6.88. The molecule has 1 heterocycles. The zero-order chi connectivity index (χ0) is 17.9. The van der Waals surface area contributed by atoms with Gasteiger partial charge in [0.1, 0.15) is 11.3 Å². The molecule has 2 fully saturated rings. The lowest BCUT2D eigenvalue weighted by atomic mass is 9.79. The van der Waals surface area contributed by atoms with E-state index in [0.29, 0.717) is 44.6 Å². The fourth-order valence-corrected chi connectivity index (χ4v) is 3.36. The minimum Gasteiger partial charge on any atom is -0.484 e. The lowest BCUT2D eigenvalue weighted by molar-refractivity contribution is -0.183. The predicted octanol–water partition coefficient (Wildman–Crippen LogP) is 2.38. The van der Waals surface area contributed by atoms with Gasteiger partial charge in [-0.25, -0.2) is 0 Å². The van der Waals surface area contributed by atoms with Crippen molar-refractivity contribution in [1.82, 2.24) is 5.32 Å². The highest BCUT2D eigenvalue weighted by atomic mass is 16.7. The van der Waals surface area contributed by atoms with Crippen LogP contribution in [0.2, 0.25) is 0 Å². The molecule has 0 unspecified atom stereocenters. The van der Waals surface area contributed by atoms with E-state index in [0.717, 1.165) is 5.56 Å². The van der Waals surface area contributed by atoms with Crippen LogP contribution in [0.5, 0.6) is 5.75 Å². The summed E-state index contributed by atoms with van der Waals surface area (Å²) in [6.07, 6.45) is 2.25. The van der Waals surface area contributed by atoms with Gasteiger partial charge in [-0.15, -0.1) is 0 Å². The van der Waals surface area contributed by atoms with Crippen LogP contribution in [0.15, 0.2) is 18.2 Å². The first-order valence-corrected chi connectivity index (χ1v) is 8.66. The van der Waals surface area contributed by atoms with Gasteiger partial charge in [0.2, 0.25) is 0 Å². The van der Waals surface area contributed by atoms with Crippen molar-refractivity contribution in [3.63, 3.8) is 0 Å². The molecular formula is C19H24N2O4. The van der Waals surface area contributed by atoms with Crippen molar-refractivity contribution in [1.29, 1.82) is 5.26 Å². The zero-order valence-electron chi connectivity index (χ0n) is 14.8. The van der Waals surface area contributed by atoms with Crippen molar-refractivity contribution in [2.24, 2.45) is 0 Å². The normalized spacial score (nSPS) is 20.8. The summed E-state index contributed by atoms with van der Waals surface area (Å²) in [5.74, 6) is -0.190. The molecular weight excluding hydrogens is 320 g/mol. The number of nitrogens with zero attached hydrogens (tertiary/aromatic N) is 1. The van der Waals surface area contributed by atoms with Crippen LogP contribution in [0.25, 0.3) is 0 Å². The topological polar surface area (TPSA) is 80.6 Å². The quantitative estimate of drug-likeness (QED) is 0.907. The van der Waals surface area contributed by atoms with E-state index in [2.05, 4.69) is 11.4 Å². The first-order chi connectivity index (χ1) is 12.0. The van der Waals surface area contributed by atoms with Gasteiger partial charge in [0.15, 0.2) is 12.4 Å². The number of benzene rings is 1. The lowest BCUT2D eigenvalue weighted by Gasteiger charge is -2.40. The van der Waals surface area contributed by atoms with Gasteiger partial charge in [-0.05, 0) is 49.9 Å². The van der Waals surface area contributed by atoms with Crippen molar-refractivity contribution in [2.75, 3.05) is 19.8 Å². The van der Waals surface area contributed by atoms with E-state index in [9.17, 15) is 10.1 Å². The maximum absolute atomic E-state index is 12.3. The summed E-state index contributed by atoms with van der Waals surface area (Å²) in [6, 6.07) is 7.98. The number of carbonyl (C=O) groups excluding carboxylic acids is 1. The average Bonchev–Trinajstić information content (AvgIpc) is 3.07. The van der Waals surface area contributed by atoms with E-state index < -0.39 is 11.3 Å². The standard InChI is InChI=1S/C19H24N2O4/c1-14-3-4-16(11-15(14)2)23-12-17(22)21-18(13-20)5-7-19(8-6-18)24-9-10-25-19/h3-4,11H,5-10,12H2,1-2H3,(H,21,22). The van der Waals surface area contributed by atoms with Crippen molar-refractivity contribution in [3.05, 3.63) is 29.3 Å². The first kappa shape index (κ1) is 17.7. The minimum atomic E-state index is -0.871. The predicted molar refractivity (Wildman–Crippen MR) is 91.0 cm³/mol. The van der Waals surface area contributed by atoms with E-state index in [-0.39, 0.29) is 12.5 Å². The Bertz CT molecular complexity index is 679. The highest BCUT2D eigenvalue weighted by Crippen LogP contribution is 2.40. The van der Waals surface area contributed by atoms with Crippen molar-refractivity contribution in [2.45, 2.75) is 50.9 Å². The smallest absolute Gasteiger partial charge is 0.259 e. The van der Waals surface area contributed by atoms with Crippen LogP contribution < -0.4 is 10.1 Å². The van der Waals surface area contributed by atoms with Crippen LogP contribution in [0.1, 0.15) is 36.8 Å². The molecule has 6 heteroatoms. The summed E-state index contributed by atoms with van der Waals surface area (Å²) in [5.41, 5.74) is 1.41. The fraction of sp³-hybridized carbons (Fsp3) is 0.579. The van der Waals surface area contributed by atoms with Crippen LogP contribution in [0.3, 0.4) is 0 Å². The van der Waals surface area contributed by atoms with Gasteiger partial charge < -0.3 is 19.5 Å². The maximum atomic E-state index is 12.3. The van der Waals surface area contributed by atoms with E-state index >= 15 is 0 Å². The first-order valence-electron chi connectivity index (χ1n) is 8.66. The molecule has 2 aliphatic rings. The van der Waals surface area contributed by atoms with Crippen molar-refractivity contribution < 1.29 is 19.0 Å². The number of rotatable bonds is 4. The molecule has 3 rings (SSSR count). The van der Waals surface area contributed by atoms with E-state index in [1.807, 2.05) is 32.0 Å². The molecule has 1 amide bonds. The molecule has 0 bridgehead atoms. The monoisotopic (exact) mass is 344 g/mol. The fourth-order valence-electron chi connectivity index (χ4n) is 3.36. The summed E-state index contributed by atoms with van der Waals surface area (Å²) in [5, 5.41) is 12.4. The third kappa shape index (κ3) is 3.94. The molecule has 1 aliphatic carbocycles. The number of nitriles is 1. The second kappa shape index (κ2) is 7.03. The number of nitrogens with one attached hydrogen (secondary N) is 1. The molecule has 134 valence electrons. The Hall–Kier alpha value is -2.10. The van der Waals surface area contributed by atoms with Crippen LogP contribution in [0, 0.1) is 25.2 Å². The Balaban J connectivity index is 1.54. The highest BCUT2D eigenvalue weighted by molar-refractivity contribution is 5.79. The van der Waals surface area contributed by atoms with E-state index in [1.165, 1.54) is 5.56 Å². The number of carbonyl (C=O) groups is 1. The molecule has 1 spiro atoms. The summed E-state index contributed by atoms with van der Waals surface area (Å²) >= 11 is 0. The number of ether oxygens (including phenoxy) is 3. The van der Waals surface area contributed by atoms with E-state index in [4.69, 9.17) is 14.2 Å². The molecule has 1 saturated carbocycles. The van der Waals surface area contributed by atoms with Gasteiger partial charge in [-0.1, -0.05) is 6.07 Å². The molecule has 0 radical (unpaired) electrons. The minimum absolute atomic E-state index is 0.107. The van der Waals surface area contributed by atoms with Gasteiger partial charge in [-0.3, -0.25) is 4.79 Å². The average molecular weight is 344 g/mol.